The number of ether oxygens (including phenoxy) is 1. The highest BCUT2D eigenvalue weighted by Crippen LogP contribution is 2.14. The summed E-state index contributed by atoms with van der Waals surface area (Å²) >= 11 is 0. The van der Waals surface area contributed by atoms with Crippen LogP contribution in [0, 0.1) is 6.92 Å². The van der Waals surface area contributed by atoms with E-state index in [0.717, 1.165) is 6.42 Å². The Morgan fingerprint density at radius 2 is 2.36 bits per heavy atom. The average molecular weight is 196 g/mol. The quantitative estimate of drug-likeness (QED) is 0.785. The fourth-order valence-corrected chi connectivity index (χ4v) is 0.905. The van der Waals surface area contributed by atoms with E-state index in [9.17, 15) is 4.79 Å². The lowest BCUT2D eigenvalue weighted by atomic mass is 10.3. The molecule has 0 radical (unpaired) electrons. The first-order valence-corrected chi connectivity index (χ1v) is 4.35. The van der Waals surface area contributed by atoms with Crippen LogP contribution >= 0.6 is 0 Å². The third-order valence-corrected chi connectivity index (χ3v) is 1.55. The number of aromatic nitrogens is 2. The largest absolute Gasteiger partial charge is 0.477 e. The standard InChI is InChI=1S/C9H12N2O3/c1-3-4-14-8-7(9(12)13)5-10-6(2)11-8/h5H,3-4H2,1-2H3,(H,12,13). The Kier molecular flexibility index (Phi) is 3.39. The Hall–Kier alpha value is -1.65. The van der Waals surface area contributed by atoms with Crippen LogP contribution < -0.4 is 4.74 Å². The van der Waals surface area contributed by atoms with Crippen molar-refractivity contribution in [1.82, 2.24) is 9.97 Å². The molecule has 0 saturated carbocycles. The number of aromatic carboxylic acids is 1. The van der Waals surface area contributed by atoms with Gasteiger partial charge in [-0.15, -0.1) is 0 Å². The highest BCUT2D eigenvalue weighted by molar-refractivity contribution is 5.89. The molecular formula is C9H12N2O3. The van der Waals surface area contributed by atoms with Crippen LogP contribution in [0.4, 0.5) is 0 Å². The molecule has 0 atom stereocenters. The fourth-order valence-electron chi connectivity index (χ4n) is 0.905. The minimum atomic E-state index is -1.07. The Labute approximate surface area is 81.8 Å². The molecule has 1 heterocycles. The molecule has 0 fully saturated rings. The third kappa shape index (κ3) is 2.42. The van der Waals surface area contributed by atoms with Gasteiger partial charge in [-0.2, -0.15) is 4.98 Å². The monoisotopic (exact) mass is 196 g/mol. The molecule has 14 heavy (non-hydrogen) atoms. The van der Waals surface area contributed by atoms with Gasteiger partial charge in [-0.3, -0.25) is 0 Å². The maximum atomic E-state index is 10.7. The molecule has 76 valence electrons. The summed E-state index contributed by atoms with van der Waals surface area (Å²) in [6, 6.07) is 0. The summed E-state index contributed by atoms with van der Waals surface area (Å²) in [5.41, 5.74) is 0.00375. The molecular weight excluding hydrogens is 184 g/mol. The fraction of sp³-hybridized carbons (Fsp3) is 0.444. The van der Waals surface area contributed by atoms with Gasteiger partial charge < -0.3 is 9.84 Å². The van der Waals surface area contributed by atoms with Crippen LogP contribution in [0.5, 0.6) is 5.88 Å². The molecule has 0 aromatic carbocycles. The molecule has 1 N–H and O–H groups in total. The van der Waals surface area contributed by atoms with Gasteiger partial charge in [-0.05, 0) is 13.3 Å². The van der Waals surface area contributed by atoms with Crippen LogP contribution in [0.25, 0.3) is 0 Å². The van der Waals surface area contributed by atoms with E-state index in [2.05, 4.69) is 9.97 Å². The molecule has 1 aromatic heterocycles. The Balaban J connectivity index is 2.97. The van der Waals surface area contributed by atoms with Crippen molar-refractivity contribution < 1.29 is 14.6 Å². The van der Waals surface area contributed by atoms with E-state index in [1.54, 1.807) is 6.92 Å². The molecule has 0 bridgehead atoms. The normalized spacial score (nSPS) is 9.86. The van der Waals surface area contributed by atoms with Gasteiger partial charge in [0, 0.05) is 6.20 Å². The smallest absolute Gasteiger partial charge is 0.342 e. The predicted molar refractivity (Wildman–Crippen MR) is 49.5 cm³/mol. The van der Waals surface area contributed by atoms with Crippen LogP contribution in [0.2, 0.25) is 0 Å². The predicted octanol–water partition coefficient (Wildman–Crippen LogP) is 1.27. The molecule has 0 aliphatic heterocycles. The van der Waals surface area contributed by atoms with E-state index in [1.165, 1.54) is 6.20 Å². The van der Waals surface area contributed by atoms with E-state index in [0.29, 0.717) is 12.4 Å². The summed E-state index contributed by atoms with van der Waals surface area (Å²) in [6.45, 7) is 4.08. The summed E-state index contributed by atoms with van der Waals surface area (Å²) < 4.78 is 5.20. The van der Waals surface area contributed by atoms with Crippen molar-refractivity contribution in [3.8, 4) is 5.88 Å². The number of hydrogen-bond acceptors (Lipinski definition) is 4. The summed E-state index contributed by atoms with van der Waals surface area (Å²) in [7, 11) is 0. The van der Waals surface area contributed by atoms with Crippen LogP contribution in [-0.4, -0.2) is 27.7 Å². The van der Waals surface area contributed by atoms with Crippen LogP contribution in [-0.2, 0) is 0 Å². The highest BCUT2D eigenvalue weighted by atomic mass is 16.5. The lowest BCUT2D eigenvalue weighted by molar-refractivity contribution is 0.0690. The van der Waals surface area contributed by atoms with Crippen molar-refractivity contribution in [2.45, 2.75) is 20.3 Å². The van der Waals surface area contributed by atoms with Crippen LogP contribution in [0.15, 0.2) is 6.20 Å². The van der Waals surface area contributed by atoms with Crippen molar-refractivity contribution in [3.63, 3.8) is 0 Å². The summed E-state index contributed by atoms with van der Waals surface area (Å²) in [6.07, 6.45) is 2.07. The zero-order chi connectivity index (χ0) is 10.6. The number of nitrogens with zero attached hydrogens (tertiary/aromatic N) is 2. The zero-order valence-electron chi connectivity index (χ0n) is 8.15. The second-order valence-electron chi connectivity index (χ2n) is 2.79. The van der Waals surface area contributed by atoms with Gasteiger partial charge >= 0.3 is 5.97 Å². The number of rotatable bonds is 4. The lowest BCUT2D eigenvalue weighted by Gasteiger charge is -2.06. The van der Waals surface area contributed by atoms with Gasteiger partial charge in [0.2, 0.25) is 5.88 Å². The molecule has 5 heteroatoms. The first-order valence-electron chi connectivity index (χ1n) is 4.35. The molecule has 5 nitrogen and oxygen atoms in total. The van der Waals surface area contributed by atoms with E-state index < -0.39 is 5.97 Å². The maximum Gasteiger partial charge on any atom is 0.342 e. The van der Waals surface area contributed by atoms with Crippen molar-refractivity contribution in [1.29, 1.82) is 0 Å². The Bertz CT molecular complexity index is 339. The summed E-state index contributed by atoms with van der Waals surface area (Å²) in [4.78, 5) is 18.5. The van der Waals surface area contributed by atoms with Gasteiger partial charge in [0.05, 0.1) is 6.61 Å². The molecule has 0 unspecified atom stereocenters. The number of aryl methyl sites for hydroxylation is 1. The van der Waals surface area contributed by atoms with Gasteiger partial charge in [0.25, 0.3) is 0 Å². The van der Waals surface area contributed by atoms with Crippen LogP contribution in [0.3, 0.4) is 0 Å². The SMILES string of the molecule is CCCOc1nc(C)ncc1C(=O)O. The van der Waals surface area contributed by atoms with Crippen molar-refractivity contribution in [3.05, 3.63) is 17.6 Å². The van der Waals surface area contributed by atoms with Gasteiger partial charge in [-0.25, -0.2) is 9.78 Å². The van der Waals surface area contributed by atoms with E-state index >= 15 is 0 Å². The topological polar surface area (TPSA) is 72.3 Å². The molecule has 1 rings (SSSR count). The Morgan fingerprint density at radius 1 is 1.64 bits per heavy atom. The highest BCUT2D eigenvalue weighted by Gasteiger charge is 2.13. The number of carbonyl (C=O) groups is 1. The second kappa shape index (κ2) is 4.55. The minimum absolute atomic E-state index is 0.00375. The van der Waals surface area contributed by atoms with E-state index in [1.807, 2.05) is 6.92 Å². The maximum absolute atomic E-state index is 10.7. The lowest BCUT2D eigenvalue weighted by Crippen LogP contribution is -2.07. The minimum Gasteiger partial charge on any atom is -0.477 e. The first kappa shape index (κ1) is 10.4. The van der Waals surface area contributed by atoms with Gasteiger partial charge in [-0.1, -0.05) is 6.92 Å². The summed E-state index contributed by atoms with van der Waals surface area (Å²) in [5, 5.41) is 8.80. The molecule has 0 saturated heterocycles. The number of hydrogen-bond donors (Lipinski definition) is 1. The zero-order valence-corrected chi connectivity index (χ0v) is 8.15. The molecule has 0 aliphatic rings. The van der Waals surface area contributed by atoms with Crippen molar-refractivity contribution >= 4 is 5.97 Å². The molecule has 0 aliphatic carbocycles. The third-order valence-electron chi connectivity index (χ3n) is 1.55. The summed E-state index contributed by atoms with van der Waals surface area (Å²) in [5.74, 6) is -0.427. The average Bonchev–Trinajstić information content (AvgIpc) is 2.14. The van der Waals surface area contributed by atoms with Crippen molar-refractivity contribution in [2.75, 3.05) is 6.61 Å². The second-order valence-corrected chi connectivity index (χ2v) is 2.79. The molecule has 0 amide bonds. The van der Waals surface area contributed by atoms with Crippen molar-refractivity contribution in [2.24, 2.45) is 0 Å². The molecule has 1 aromatic rings. The van der Waals surface area contributed by atoms with E-state index in [-0.39, 0.29) is 11.4 Å². The van der Waals surface area contributed by atoms with Gasteiger partial charge in [0.15, 0.2) is 0 Å². The van der Waals surface area contributed by atoms with E-state index in [4.69, 9.17) is 9.84 Å². The number of carboxylic acids is 1. The molecule has 0 spiro atoms. The van der Waals surface area contributed by atoms with Crippen LogP contribution in [0.1, 0.15) is 29.5 Å². The first-order chi connectivity index (χ1) is 6.65. The van der Waals surface area contributed by atoms with Gasteiger partial charge in [0.1, 0.15) is 11.4 Å². The Morgan fingerprint density at radius 3 is 2.93 bits per heavy atom. The number of carboxylic acid groups (broad SMARTS) is 1.